The van der Waals surface area contributed by atoms with Crippen LogP contribution in [0.3, 0.4) is 0 Å². The predicted molar refractivity (Wildman–Crippen MR) is 82.7 cm³/mol. The molecule has 0 radical (unpaired) electrons. The third kappa shape index (κ3) is 3.99. The summed E-state index contributed by atoms with van der Waals surface area (Å²) in [6.45, 7) is -0.658. The first-order chi connectivity index (χ1) is 10.7. The van der Waals surface area contributed by atoms with Crippen molar-refractivity contribution < 1.29 is 28.2 Å². The van der Waals surface area contributed by atoms with Crippen molar-refractivity contribution in [2.75, 3.05) is 33.0 Å². The Morgan fingerprint density at radius 2 is 2.13 bits per heavy atom. The summed E-state index contributed by atoms with van der Waals surface area (Å²) in [6, 6.07) is 6.62. The van der Waals surface area contributed by atoms with Crippen molar-refractivity contribution in [3.63, 3.8) is 0 Å². The third-order valence-electron chi connectivity index (χ3n) is 3.74. The number of amides is 1. The molecule has 1 heterocycles. The average molecular weight is 344 g/mol. The van der Waals surface area contributed by atoms with Gasteiger partial charge in [-0.05, 0) is 12.1 Å². The number of para-hydroxylation sites is 1. The SMILES string of the molecule is COc1ccccc1C(=O)N1C[C@@H](O)[C@](O)(CNS(C)(=O)=O)C1. The number of hydrogen-bond acceptors (Lipinski definition) is 6. The molecule has 1 aliphatic heterocycles. The van der Waals surface area contributed by atoms with E-state index in [4.69, 9.17) is 4.74 Å². The number of nitrogens with zero attached hydrogens (tertiary/aromatic N) is 1. The molecule has 3 N–H and O–H groups in total. The Hall–Kier alpha value is -1.68. The summed E-state index contributed by atoms with van der Waals surface area (Å²) < 4.78 is 29.6. The molecule has 0 bridgehead atoms. The van der Waals surface area contributed by atoms with Crippen LogP contribution in [0.25, 0.3) is 0 Å². The van der Waals surface area contributed by atoms with Gasteiger partial charge in [0.2, 0.25) is 10.0 Å². The minimum Gasteiger partial charge on any atom is -0.496 e. The Morgan fingerprint density at radius 1 is 1.48 bits per heavy atom. The number of carbonyl (C=O) groups is 1. The van der Waals surface area contributed by atoms with E-state index in [0.717, 1.165) is 6.26 Å². The van der Waals surface area contributed by atoms with E-state index >= 15 is 0 Å². The lowest BCUT2D eigenvalue weighted by molar-refractivity contribution is -0.0352. The molecule has 1 fully saturated rings. The number of β-amino-alcohol motifs (C(OH)–C–C–N with tert-alkyl or cyclic N) is 2. The van der Waals surface area contributed by atoms with Gasteiger partial charge in [-0.1, -0.05) is 12.1 Å². The number of aliphatic hydroxyl groups excluding tert-OH is 1. The van der Waals surface area contributed by atoms with Gasteiger partial charge in [0.25, 0.3) is 5.91 Å². The number of ether oxygens (including phenoxy) is 1. The standard InChI is InChI=1S/C14H20N2O6S/c1-22-11-6-4-3-5-10(11)13(18)16-7-12(17)14(19,9-16)8-15-23(2,20)21/h3-6,12,15,17,19H,7-9H2,1-2H3/t12-,14+/m1/s1. The first kappa shape index (κ1) is 17.7. The Kier molecular flexibility index (Phi) is 4.95. The molecule has 0 spiro atoms. The van der Waals surface area contributed by atoms with Crippen LogP contribution < -0.4 is 9.46 Å². The summed E-state index contributed by atoms with van der Waals surface area (Å²) in [5.74, 6) is -0.0199. The van der Waals surface area contributed by atoms with E-state index in [1.165, 1.54) is 12.0 Å². The second-order valence-electron chi connectivity index (χ2n) is 5.60. The number of carbonyl (C=O) groups excluding carboxylic acids is 1. The second-order valence-corrected chi connectivity index (χ2v) is 7.43. The zero-order valence-electron chi connectivity index (χ0n) is 12.9. The van der Waals surface area contributed by atoms with Crippen LogP contribution >= 0.6 is 0 Å². The van der Waals surface area contributed by atoms with Crippen LogP contribution in [0.1, 0.15) is 10.4 Å². The molecule has 0 unspecified atom stereocenters. The maximum atomic E-state index is 12.5. The molecule has 1 amide bonds. The smallest absolute Gasteiger partial charge is 0.257 e. The Balaban J connectivity index is 2.15. The maximum Gasteiger partial charge on any atom is 0.257 e. The molecular formula is C14H20N2O6S. The third-order valence-corrected chi connectivity index (χ3v) is 4.41. The van der Waals surface area contributed by atoms with Crippen LogP contribution in [-0.4, -0.2) is 74.1 Å². The van der Waals surface area contributed by atoms with Gasteiger partial charge in [-0.2, -0.15) is 0 Å². The normalized spacial score (nSPS) is 24.7. The number of benzene rings is 1. The lowest BCUT2D eigenvalue weighted by Crippen LogP contribution is -2.51. The lowest BCUT2D eigenvalue weighted by Gasteiger charge is -2.25. The minimum atomic E-state index is -3.52. The molecule has 1 aliphatic rings. The molecule has 1 aromatic carbocycles. The van der Waals surface area contributed by atoms with E-state index in [-0.39, 0.29) is 19.6 Å². The highest BCUT2D eigenvalue weighted by molar-refractivity contribution is 7.88. The monoisotopic (exact) mass is 344 g/mol. The maximum absolute atomic E-state index is 12.5. The zero-order chi connectivity index (χ0) is 17.3. The average Bonchev–Trinajstić information content (AvgIpc) is 2.80. The molecule has 0 aromatic heterocycles. The van der Waals surface area contributed by atoms with Crippen molar-refractivity contribution in [3.05, 3.63) is 29.8 Å². The second kappa shape index (κ2) is 6.44. The zero-order valence-corrected chi connectivity index (χ0v) is 13.7. The van der Waals surface area contributed by atoms with Gasteiger partial charge in [-0.15, -0.1) is 0 Å². The van der Waals surface area contributed by atoms with Crippen molar-refractivity contribution in [1.82, 2.24) is 9.62 Å². The van der Waals surface area contributed by atoms with Gasteiger partial charge in [-0.25, -0.2) is 13.1 Å². The number of likely N-dealkylation sites (tertiary alicyclic amines) is 1. The van der Waals surface area contributed by atoms with Crippen LogP contribution in [0.4, 0.5) is 0 Å². The van der Waals surface area contributed by atoms with E-state index in [1.807, 2.05) is 0 Å². The van der Waals surface area contributed by atoms with Crippen molar-refractivity contribution in [2.24, 2.45) is 0 Å². The van der Waals surface area contributed by atoms with Gasteiger partial charge in [0.1, 0.15) is 17.5 Å². The van der Waals surface area contributed by atoms with Crippen molar-refractivity contribution in [2.45, 2.75) is 11.7 Å². The van der Waals surface area contributed by atoms with Crippen LogP contribution in [0.15, 0.2) is 24.3 Å². The molecule has 128 valence electrons. The summed E-state index contributed by atoms with van der Waals surface area (Å²) >= 11 is 0. The predicted octanol–water partition coefficient (Wildman–Crippen LogP) is -1.21. The highest BCUT2D eigenvalue weighted by Crippen LogP contribution is 2.26. The number of aliphatic hydroxyl groups is 2. The van der Waals surface area contributed by atoms with E-state index in [1.54, 1.807) is 24.3 Å². The van der Waals surface area contributed by atoms with Crippen LogP contribution in [0.2, 0.25) is 0 Å². The van der Waals surface area contributed by atoms with Crippen LogP contribution in [0, 0.1) is 0 Å². The summed E-state index contributed by atoms with van der Waals surface area (Å²) in [5, 5.41) is 20.4. The van der Waals surface area contributed by atoms with Gasteiger partial charge in [-0.3, -0.25) is 4.79 Å². The number of nitrogens with one attached hydrogen (secondary N) is 1. The minimum absolute atomic E-state index is 0.0984. The summed E-state index contributed by atoms with van der Waals surface area (Å²) in [4.78, 5) is 13.8. The summed E-state index contributed by atoms with van der Waals surface area (Å²) in [5.41, 5.74) is -1.43. The molecule has 1 aromatic rings. The van der Waals surface area contributed by atoms with Gasteiger partial charge >= 0.3 is 0 Å². The molecular weight excluding hydrogens is 324 g/mol. The number of rotatable bonds is 5. The fourth-order valence-corrected chi connectivity index (χ4v) is 2.97. The largest absolute Gasteiger partial charge is 0.496 e. The van der Waals surface area contributed by atoms with Gasteiger partial charge in [0, 0.05) is 13.1 Å². The number of methoxy groups -OCH3 is 1. The fourth-order valence-electron chi connectivity index (χ4n) is 2.46. The van der Waals surface area contributed by atoms with E-state index < -0.39 is 27.6 Å². The van der Waals surface area contributed by atoms with Crippen molar-refractivity contribution in [1.29, 1.82) is 0 Å². The first-order valence-electron chi connectivity index (χ1n) is 6.94. The molecule has 0 saturated carbocycles. The molecule has 2 atom stereocenters. The van der Waals surface area contributed by atoms with Crippen molar-refractivity contribution >= 4 is 15.9 Å². The highest BCUT2D eigenvalue weighted by atomic mass is 32.2. The molecule has 0 aliphatic carbocycles. The van der Waals surface area contributed by atoms with Gasteiger partial charge in [0.15, 0.2) is 0 Å². The van der Waals surface area contributed by atoms with E-state index in [2.05, 4.69) is 4.72 Å². The quantitative estimate of drug-likeness (QED) is 0.617. The molecule has 1 saturated heterocycles. The number of sulfonamides is 1. The highest BCUT2D eigenvalue weighted by Gasteiger charge is 2.46. The van der Waals surface area contributed by atoms with Gasteiger partial charge < -0.3 is 19.8 Å². The molecule has 9 heteroatoms. The van der Waals surface area contributed by atoms with Crippen LogP contribution in [-0.2, 0) is 10.0 Å². The van der Waals surface area contributed by atoms with Crippen molar-refractivity contribution in [3.8, 4) is 5.75 Å². The lowest BCUT2D eigenvalue weighted by atomic mass is 10.0. The summed E-state index contributed by atoms with van der Waals surface area (Å²) in [7, 11) is -2.08. The summed E-state index contributed by atoms with van der Waals surface area (Å²) in [6.07, 6.45) is -0.300. The molecule has 23 heavy (non-hydrogen) atoms. The Labute approximate surface area is 134 Å². The van der Waals surface area contributed by atoms with E-state index in [9.17, 15) is 23.4 Å². The molecule has 2 rings (SSSR count). The Bertz CT molecular complexity index is 692. The Morgan fingerprint density at radius 3 is 2.74 bits per heavy atom. The molecule has 8 nitrogen and oxygen atoms in total. The van der Waals surface area contributed by atoms with Crippen LogP contribution in [0.5, 0.6) is 5.75 Å². The van der Waals surface area contributed by atoms with E-state index in [0.29, 0.717) is 11.3 Å². The van der Waals surface area contributed by atoms with Gasteiger partial charge in [0.05, 0.1) is 25.5 Å². The topological polar surface area (TPSA) is 116 Å². The fraction of sp³-hybridized carbons (Fsp3) is 0.500. The first-order valence-corrected chi connectivity index (χ1v) is 8.83. The number of hydrogen-bond donors (Lipinski definition) is 3.